The number of carbonyl (C=O) groups is 1. The number of urea groups is 1. The highest BCUT2D eigenvalue weighted by atomic mass is 19.1. The molecular weight excluding hydrogens is 307 g/mol. The van der Waals surface area contributed by atoms with E-state index in [0.29, 0.717) is 19.1 Å². The van der Waals surface area contributed by atoms with E-state index in [-0.39, 0.29) is 11.8 Å². The van der Waals surface area contributed by atoms with Gasteiger partial charge in [0.25, 0.3) is 0 Å². The van der Waals surface area contributed by atoms with Crippen molar-refractivity contribution >= 4 is 6.03 Å². The van der Waals surface area contributed by atoms with Gasteiger partial charge in [-0.15, -0.1) is 0 Å². The minimum Gasteiger partial charge on any atom is -0.338 e. The third-order valence-electron chi connectivity index (χ3n) is 4.19. The summed E-state index contributed by atoms with van der Waals surface area (Å²) < 4.78 is 15.0. The van der Waals surface area contributed by atoms with Crippen molar-refractivity contribution in [1.29, 1.82) is 0 Å². The summed E-state index contributed by atoms with van der Waals surface area (Å²) in [4.78, 5) is 18.3. The van der Waals surface area contributed by atoms with Crippen molar-refractivity contribution in [2.45, 2.75) is 44.8 Å². The molecule has 0 spiro atoms. The molecule has 0 radical (unpaired) electrons. The monoisotopic (exact) mass is 330 g/mol. The Morgan fingerprint density at radius 1 is 1.29 bits per heavy atom. The molecule has 0 aliphatic heterocycles. The Hall–Kier alpha value is -2.37. The minimum absolute atomic E-state index is 0.0237. The van der Waals surface area contributed by atoms with Crippen LogP contribution in [0, 0.1) is 5.82 Å². The van der Waals surface area contributed by atoms with Crippen molar-refractivity contribution in [3.63, 3.8) is 0 Å². The van der Waals surface area contributed by atoms with Gasteiger partial charge in [-0.25, -0.2) is 14.2 Å². The van der Waals surface area contributed by atoms with Gasteiger partial charge < -0.3 is 14.8 Å². The fourth-order valence-electron chi connectivity index (χ4n) is 2.67. The van der Waals surface area contributed by atoms with E-state index in [1.165, 1.54) is 12.1 Å². The summed E-state index contributed by atoms with van der Waals surface area (Å²) in [6.07, 6.45) is 9.54. The molecule has 24 heavy (non-hydrogen) atoms. The second-order valence-electron chi connectivity index (χ2n) is 6.23. The molecule has 0 atom stereocenters. The maximum atomic E-state index is 13.0. The van der Waals surface area contributed by atoms with Crippen molar-refractivity contribution in [3.8, 4) is 0 Å². The number of nitrogens with one attached hydrogen (secondary N) is 1. The molecule has 0 saturated heterocycles. The number of benzene rings is 1. The highest BCUT2D eigenvalue weighted by Gasteiger charge is 2.32. The summed E-state index contributed by atoms with van der Waals surface area (Å²) in [7, 11) is 0. The summed E-state index contributed by atoms with van der Waals surface area (Å²) >= 11 is 0. The molecule has 3 rings (SSSR count). The molecule has 2 aromatic rings. The highest BCUT2D eigenvalue weighted by molar-refractivity contribution is 5.74. The van der Waals surface area contributed by atoms with Gasteiger partial charge in [-0.2, -0.15) is 0 Å². The van der Waals surface area contributed by atoms with Crippen molar-refractivity contribution in [2.24, 2.45) is 0 Å². The molecule has 5 nitrogen and oxygen atoms in total. The smallest absolute Gasteiger partial charge is 0.317 e. The van der Waals surface area contributed by atoms with E-state index in [0.717, 1.165) is 37.8 Å². The van der Waals surface area contributed by atoms with Crippen LogP contribution in [0.2, 0.25) is 0 Å². The first-order valence-corrected chi connectivity index (χ1v) is 8.47. The first-order valence-electron chi connectivity index (χ1n) is 8.47. The normalized spacial score (nSPS) is 13.7. The number of amides is 2. The van der Waals surface area contributed by atoms with Gasteiger partial charge in [0.05, 0.1) is 6.33 Å². The number of nitrogens with zero attached hydrogens (tertiary/aromatic N) is 3. The molecule has 0 bridgehead atoms. The number of halogens is 1. The number of carbonyl (C=O) groups excluding carboxylic acids is 1. The number of aromatic nitrogens is 2. The summed E-state index contributed by atoms with van der Waals surface area (Å²) in [6, 6.07) is 6.65. The lowest BCUT2D eigenvalue weighted by molar-refractivity contribution is 0.192. The van der Waals surface area contributed by atoms with Crippen molar-refractivity contribution in [1.82, 2.24) is 19.8 Å². The Bertz CT molecular complexity index is 638. The molecule has 1 aromatic carbocycles. The maximum absolute atomic E-state index is 13.0. The third-order valence-corrected chi connectivity index (χ3v) is 4.19. The van der Waals surface area contributed by atoms with Crippen LogP contribution >= 0.6 is 0 Å². The number of aryl methyl sites for hydroxylation is 1. The van der Waals surface area contributed by atoms with Gasteiger partial charge >= 0.3 is 6.03 Å². The lowest BCUT2D eigenvalue weighted by Crippen LogP contribution is -2.41. The molecular formula is C18H23FN4O. The SMILES string of the molecule is O=C(NCCCCn1ccnc1)N(Cc1ccc(F)cc1)C1CC1. The summed E-state index contributed by atoms with van der Waals surface area (Å²) in [5.74, 6) is -0.251. The largest absolute Gasteiger partial charge is 0.338 e. The first kappa shape index (κ1) is 16.5. The first-order chi connectivity index (χ1) is 11.7. The predicted molar refractivity (Wildman–Crippen MR) is 89.8 cm³/mol. The summed E-state index contributed by atoms with van der Waals surface area (Å²) in [5.41, 5.74) is 0.957. The molecule has 1 fully saturated rings. The second-order valence-corrected chi connectivity index (χ2v) is 6.23. The zero-order chi connectivity index (χ0) is 16.8. The Balaban J connectivity index is 1.42. The quantitative estimate of drug-likeness (QED) is 0.756. The van der Waals surface area contributed by atoms with E-state index in [1.807, 2.05) is 15.7 Å². The lowest BCUT2D eigenvalue weighted by Gasteiger charge is -2.23. The lowest BCUT2D eigenvalue weighted by atomic mass is 10.2. The average Bonchev–Trinajstić information content (AvgIpc) is 3.29. The molecule has 128 valence electrons. The number of rotatable bonds is 8. The Morgan fingerprint density at radius 2 is 2.08 bits per heavy atom. The van der Waals surface area contributed by atoms with Crippen LogP contribution in [0.3, 0.4) is 0 Å². The van der Waals surface area contributed by atoms with Crippen LogP contribution < -0.4 is 5.32 Å². The topological polar surface area (TPSA) is 50.2 Å². The van der Waals surface area contributed by atoms with Gasteiger partial charge in [0.15, 0.2) is 0 Å². The Labute approximate surface area is 141 Å². The third kappa shape index (κ3) is 4.81. The van der Waals surface area contributed by atoms with Crippen LogP contribution in [0.1, 0.15) is 31.2 Å². The van der Waals surface area contributed by atoms with Crippen LogP contribution in [0.25, 0.3) is 0 Å². The standard InChI is InChI=1S/C18H23FN4O/c19-16-5-3-15(4-6-16)13-23(17-7-8-17)18(24)21-9-1-2-11-22-12-10-20-14-22/h3-6,10,12,14,17H,1-2,7-9,11,13H2,(H,21,24). The van der Waals surface area contributed by atoms with E-state index < -0.39 is 0 Å². The predicted octanol–water partition coefficient (Wildman–Crippen LogP) is 3.18. The summed E-state index contributed by atoms with van der Waals surface area (Å²) in [6.45, 7) is 2.11. The van der Waals surface area contributed by atoms with E-state index in [4.69, 9.17) is 0 Å². The zero-order valence-electron chi connectivity index (χ0n) is 13.7. The van der Waals surface area contributed by atoms with E-state index in [9.17, 15) is 9.18 Å². The van der Waals surface area contributed by atoms with Gasteiger partial charge in [-0.05, 0) is 43.4 Å². The van der Waals surface area contributed by atoms with Gasteiger partial charge in [0, 0.05) is 38.1 Å². The van der Waals surface area contributed by atoms with Crippen molar-refractivity contribution in [2.75, 3.05) is 6.54 Å². The van der Waals surface area contributed by atoms with Gasteiger partial charge in [-0.1, -0.05) is 12.1 Å². The van der Waals surface area contributed by atoms with Crippen LogP contribution in [0.4, 0.5) is 9.18 Å². The minimum atomic E-state index is -0.251. The molecule has 2 amide bonds. The van der Waals surface area contributed by atoms with E-state index >= 15 is 0 Å². The van der Waals surface area contributed by atoms with Crippen LogP contribution in [-0.4, -0.2) is 33.1 Å². The fourth-order valence-corrected chi connectivity index (χ4v) is 2.67. The second kappa shape index (κ2) is 7.95. The van der Waals surface area contributed by atoms with Gasteiger partial charge in [-0.3, -0.25) is 0 Å². The maximum Gasteiger partial charge on any atom is 0.317 e. The fraction of sp³-hybridized carbons (Fsp3) is 0.444. The molecule has 0 unspecified atom stereocenters. The van der Waals surface area contributed by atoms with Gasteiger partial charge in [0.1, 0.15) is 5.82 Å². The number of hydrogen-bond acceptors (Lipinski definition) is 2. The van der Waals surface area contributed by atoms with Crippen LogP contribution in [-0.2, 0) is 13.1 Å². The Kier molecular flexibility index (Phi) is 5.46. The molecule has 1 aliphatic rings. The van der Waals surface area contributed by atoms with Crippen LogP contribution in [0.5, 0.6) is 0 Å². The molecule has 1 aliphatic carbocycles. The molecule has 1 aromatic heterocycles. The number of unbranched alkanes of at least 4 members (excludes halogenated alkanes) is 1. The van der Waals surface area contributed by atoms with E-state index in [2.05, 4.69) is 10.3 Å². The molecule has 1 N–H and O–H groups in total. The molecule has 6 heteroatoms. The van der Waals surface area contributed by atoms with Gasteiger partial charge in [0.2, 0.25) is 0 Å². The number of hydrogen-bond donors (Lipinski definition) is 1. The van der Waals surface area contributed by atoms with Crippen molar-refractivity contribution < 1.29 is 9.18 Å². The summed E-state index contributed by atoms with van der Waals surface area (Å²) in [5, 5.41) is 3.00. The Morgan fingerprint density at radius 3 is 2.75 bits per heavy atom. The van der Waals surface area contributed by atoms with E-state index in [1.54, 1.807) is 24.7 Å². The average molecular weight is 330 g/mol. The molecule has 1 saturated carbocycles. The zero-order valence-corrected chi connectivity index (χ0v) is 13.7. The van der Waals surface area contributed by atoms with Crippen LogP contribution in [0.15, 0.2) is 43.0 Å². The van der Waals surface area contributed by atoms with Crippen molar-refractivity contribution in [3.05, 3.63) is 54.4 Å². The highest BCUT2D eigenvalue weighted by Crippen LogP contribution is 2.28. The number of imidazole rings is 1. The molecule has 1 heterocycles.